The number of esters is 6. The van der Waals surface area contributed by atoms with Gasteiger partial charge < -0.3 is 73.6 Å². The molecule has 2 saturated heterocycles. The molecular weight excluding hydrogens is 1100 g/mol. The molecule has 21 heteroatoms. The number of cyclic esters (lactones) is 2. The van der Waals surface area contributed by atoms with Crippen LogP contribution >= 0.6 is 0 Å². The van der Waals surface area contributed by atoms with E-state index < -0.39 is 126 Å². The Labute approximate surface area is 502 Å². The number of hydrogen-bond donors (Lipinski definition) is 7. The summed E-state index contributed by atoms with van der Waals surface area (Å²) in [6.07, 6.45) is 8.24. The van der Waals surface area contributed by atoms with Gasteiger partial charge in [-0.1, -0.05) is 97.1 Å². The third kappa shape index (κ3) is 24.2. The van der Waals surface area contributed by atoms with Gasteiger partial charge >= 0.3 is 35.8 Å². The molecule has 4 rings (SSSR count). The first-order chi connectivity index (χ1) is 39.4. The standard InChI is InChI=1S/C32H50O11.C32H50O10/c1-9-24(36)20(4)30-25(42-30)17-31(7,38)14-10-11-18(2)29-19(3)12-13-26(40-21(5)33)32(8,39)27(41-22(6)34)15-23(35)16-28(37)43-29;1-9-25(36)21(5)31-26(41-31)15-18(2)11-10-12-19(3)30-20(4)13-14-27(39-22(6)33)32(8,38)28(40-23(7)34)16-24(35)17-29(37)42-30/h10-14,19-20,23-27,29-30,35-36,38-39H,9,15-17H2,1-8H3;10-14,18,20-21,24-28,30-31,35-36,38H,9,15-17H2,1-8H3/b13-12+,14-10+,18-11+;11-10+,14-13+,19-12+. The van der Waals surface area contributed by atoms with Gasteiger partial charge in [0.05, 0.1) is 67.3 Å². The summed E-state index contributed by atoms with van der Waals surface area (Å²) in [5, 5.41) is 75.1. The molecule has 0 aromatic heterocycles. The van der Waals surface area contributed by atoms with Gasteiger partial charge in [0.1, 0.15) is 35.6 Å². The van der Waals surface area contributed by atoms with Crippen LogP contribution in [0.4, 0.5) is 0 Å². The molecule has 21 nitrogen and oxygen atoms in total. The Bertz CT molecular complexity index is 2400. The zero-order valence-electron chi connectivity index (χ0n) is 52.7. The monoisotopic (exact) mass is 1200 g/mol. The molecule has 0 bridgehead atoms. The van der Waals surface area contributed by atoms with Crippen molar-refractivity contribution in [1.29, 1.82) is 0 Å². The van der Waals surface area contributed by atoms with Crippen LogP contribution in [-0.4, -0.2) is 174 Å². The van der Waals surface area contributed by atoms with E-state index in [4.69, 9.17) is 37.9 Å². The van der Waals surface area contributed by atoms with E-state index in [-0.39, 0.29) is 67.5 Å². The minimum absolute atomic E-state index is 0.0301. The molecule has 0 aliphatic carbocycles. The van der Waals surface area contributed by atoms with Gasteiger partial charge in [0.2, 0.25) is 0 Å². The number of allylic oxidation sites excluding steroid dienone is 5. The topological polar surface area (TPSA) is 324 Å². The highest BCUT2D eigenvalue weighted by Crippen LogP contribution is 2.39. The predicted molar refractivity (Wildman–Crippen MR) is 313 cm³/mol. The van der Waals surface area contributed by atoms with Crippen LogP contribution in [0.1, 0.15) is 162 Å². The fourth-order valence-electron chi connectivity index (χ4n) is 10.7. The second-order valence-electron chi connectivity index (χ2n) is 24.5. The number of aliphatic hydroxyl groups is 7. The quantitative estimate of drug-likeness (QED) is 0.0233. The highest BCUT2D eigenvalue weighted by molar-refractivity contribution is 5.71. The van der Waals surface area contributed by atoms with Crippen molar-refractivity contribution in [3.05, 3.63) is 71.9 Å². The summed E-state index contributed by atoms with van der Waals surface area (Å²) >= 11 is 0. The first kappa shape index (κ1) is 74.2. The van der Waals surface area contributed by atoms with Crippen molar-refractivity contribution in [3.63, 3.8) is 0 Å². The smallest absolute Gasteiger partial charge is 0.309 e. The normalized spacial score (nSPS) is 35.8. The first-order valence-electron chi connectivity index (χ1n) is 29.8. The van der Waals surface area contributed by atoms with E-state index in [2.05, 4.69) is 6.92 Å². The predicted octanol–water partition coefficient (Wildman–Crippen LogP) is 6.24. The maximum Gasteiger partial charge on any atom is 0.309 e. The summed E-state index contributed by atoms with van der Waals surface area (Å²) < 4.78 is 44.3. The average Bonchev–Trinajstić information content (AvgIpc) is 3.15. The van der Waals surface area contributed by atoms with Crippen LogP contribution in [0.3, 0.4) is 0 Å². The number of rotatable bonds is 20. The van der Waals surface area contributed by atoms with Gasteiger partial charge in [0.25, 0.3) is 0 Å². The SMILES string of the molecule is CCC(O)C(C)C1OC1CC(C)(O)/C=C/C=C(\C)C1OC(=O)CC(O)CC(OC(C)=O)C(C)(O)C(OC(C)=O)/C=C/C1C.CCC(O)C(C)C1OC1CC(C)/C=C/C=C(\C)C1OC(=O)CC(O)CC(OC(C)=O)C(C)(O)C(OC(C)=O)/C=C/C1C. The molecule has 7 N–H and O–H groups in total. The van der Waals surface area contributed by atoms with E-state index >= 15 is 0 Å². The zero-order valence-corrected chi connectivity index (χ0v) is 52.7. The lowest BCUT2D eigenvalue weighted by molar-refractivity contribution is -0.188. The van der Waals surface area contributed by atoms with E-state index in [0.29, 0.717) is 24.8 Å². The van der Waals surface area contributed by atoms with Crippen molar-refractivity contribution < 1.29 is 102 Å². The molecule has 0 aromatic rings. The van der Waals surface area contributed by atoms with Crippen molar-refractivity contribution in [2.45, 2.75) is 264 Å². The highest BCUT2D eigenvalue weighted by Gasteiger charge is 2.49. The summed E-state index contributed by atoms with van der Waals surface area (Å²) in [5.41, 5.74) is -3.62. The largest absolute Gasteiger partial charge is 0.459 e. The zero-order chi connectivity index (χ0) is 64.5. The van der Waals surface area contributed by atoms with E-state index in [1.165, 1.54) is 39.8 Å². The summed E-state index contributed by atoms with van der Waals surface area (Å²) in [4.78, 5) is 72.9. The number of aliphatic hydroxyl groups excluding tert-OH is 4. The molecule has 22 unspecified atom stereocenters. The molecule has 0 radical (unpaired) electrons. The molecule has 0 aromatic carbocycles. The van der Waals surface area contributed by atoms with E-state index in [0.717, 1.165) is 25.8 Å². The summed E-state index contributed by atoms with van der Waals surface area (Å²) in [6, 6.07) is 0. The van der Waals surface area contributed by atoms with Gasteiger partial charge in [-0.3, -0.25) is 28.8 Å². The third-order valence-corrected chi connectivity index (χ3v) is 16.1. The Morgan fingerprint density at radius 1 is 0.647 bits per heavy atom. The van der Waals surface area contributed by atoms with E-state index in [9.17, 15) is 64.5 Å². The average molecular weight is 1210 g/mol. The molecule has 85 heavy (non-hydrogen) atoms. The molecule has 482 valence electrons. The second kappa shape index (κ2) is 33.3. The molecule has 0 saturated carbocycles. The third-order valence-electron chi connectivity index (χ3n) is 16.1. The van der Waals surface area contributed by atoms with Crippen LogP contribution in [-0.2, 0) is 66.7 Å². The minimum atomic E-state index is -1.93. The molecule has 0 amide bonds. The number of carbonyl (C=O) groups is 6. The van der Waals surface area contributed by atoms with Crippen molar-refractivity contribution in [2.24, 2.45) is 29.6 Å². The number of epoxide rings is 2. The van der Waals surface area contributed by atoms with E-state index in [1.807, 2.05) is 59.8 Å². The Morgan fingerprint density at radius 3 is 1.41 bits per heavy atom. The Hall–Kier alpha value is -5.10. The minimum Gasteiger partial charge on any atom is -0.459 e. The number of ether oxygens (including phenoxy) is 8. The Morgan fingerprint density at radius 2 is 1.02 bits per heavy atom. The van der Waals surface area contributed by atoms with Crippen molar-refractivity contribution in [2.75, 3.05) is 0 Å². The van der Waals surface area contributed by atoms with Crippen molar-refractivity contribution >= 4 is 35.8 Å². The molecule has 22 atom stereocenters. The van der Waals surface area contributed by atoms with Crippen molar-refractivity contribution in [1.82, 2.24) is 0 Å². The second-order valence-corrected chi connectivity index (χ2v) is 24.5. The summed E-state index contributed by atoms with van der Waals surface area (Å²) in [6.45, 7) is 26.1. The van der Waals surface area contributed by atoms with Gasteiger partial charge in [-0.15, -0.1) is 0 Å². The van der Waals surface area contributed by atoms with Crippen LogP contribution in [0.2, 0.25) is 0 Å². The van der Waals surface area contributed by atoms with Crippen molar-refractivity contribution in [3.8, 4) is 0 Å². The van der Waals surface area contributed by atoms with Gasteiger partial charge in [0.15, 0.2) is 12.2 Å². The van der Waals surface area contributed by atoms with E-state index in [1.54, 1.807) is 51.2 Å². The summed E-state index contributed by atoms with van der Waals surface area (Å²) in [5.74, 6) is -4.66. The molecule has 4 heterocycles. The van der Waals surface area contributed by atoms with Gasteiger partial charge in [-0.2, -0.15) is 0 Å². The number of carbonyl (C=O) groups excluding carboxylic acids is 6. The lowest BCUT2D eigenvalue weighted by atomic mass is 9.86. The molecular formula is C64H100O21. The molecule has 2 fully saturated rings. The highest BCUT2D eigenvalue weighted by atomic mass is 16.6. The molecule has 4 aliphatic heterocycles. The molecule has 0 spiro atoms. The van der Waals surface area contributed by atoms with Gasteiger partial charge in [-0.05, 0) is 83.1 Å². The first-order valence-corrected chi connectivity index (χ1v) is 29.8. The van der Waals surface area contributed by atoms with Gasteiger partial charge in [0, 0.05) is 70.6 Å². The lowest BCUT2D eigenvalue weighted by Gasteiger charge is -2.38. The fraction of sp³-hybridized carbons (Fsp3) is 0.719. The Balaban J connectivity index is 0.000000445. The van der Waals surface area contributed by atoms with Crippen LogP contribution < -0.4 is 0 Å². The summed E-state index contributed by atoms with van der Waals surface area (Å²) in [7, 11) is 0. The number of hydrogen-bond acceptors (Lipinski definition) is 21. The van der Waals surface area contributed by atoms with Crippen LogP contribution in [0.5, 0.6) is 0 Å². The van der Waals surface area contributed by atoms with Crippen LogP contribution in [0.15, 0.2) is 71.9 Å². The maximum atomic E-state index is 12.8. The lowest BCUT2D eigenvalue weighted by Crippen LogP contribution is -2.53. The van der Waals surface area contributed by atoms with Gasteiger partial charge in [-0.25, -0.2) is 0 Å². The van der Waals surface area contributed by atoms with Crippen LogP contribution in [0, 0.1) is 29.6 Å². The van der Waals surface area contributed by atoms with Crippen LogP contribution in [0.25, 0.3) is 0 Å². The molecule has 4 aliphatic rings. The maximum absolute atomic E-state index is 12.8. The fourth-order valence-corrected chi connectivity index (χ4v) is 10.7. The Kier molecular flexibility index (Phi) is 29.1.